The fraction of sp³-hybridized carbons (Fsp3) is 0.727. The summed E-state index contributed by atoms with van der Waals surface area (Å²) in [4.78, 5) is 23.8. The first-order chi connectivity index (χ1) is 12.1. The van der Waals surface area contributed by atoms with Crippen molar-refractivity contribution in [3.8, 4) is 0 Å². The fourth-order valence-corrected chi connectivity index (χ4v) is 6.19. The number of fused-ring (bicyclic) bond motifs is 3. The second kappa shape index (κ2) is 6.24. The molecular formula is C22H32O4. The SMILES string of the molecule is C=C[C@]1(C)CC2=CC[C@@H]3[C@](C)(CCC[C@@]3(C)C(=O)O)[C@H]2C[C@@H]1OC(C)=O. The van der Waals surface area contributed by atoms with Crippen molar-refractivity contribution in [3.63, 3.8) is 0 Å². The molecule has 26 heavy (non-hydrogen) atoms. The van der Waals surface area contributed by atoms with E-state index in [0.29, 0.717) is 0 Å². The molecule has 0 amide bonds. The van der Waals surface area contributed by atoms with Gasteiger partial charge in [-0.3, -0.25) is 9.59 Å². The predicted molar refractivity (Wildman–Crippen MR) is 100 cm³/mol. The molecule has 3 rings (SSSR count). The Kier molecular flexibility index (Phi) is 4.61. The van der Waals surface area contributed by atoms with E-state index in [2.05, 4.69) is 26.5 Å². The number of hydrogen-bond acceptors (Lipinski definition) is 3. The molecule has 0 aromatic rings. The maximum absolute atomic E-state index is 12.1. The molecule has 0 bridgehead atoms. The molecule has 0 aliphatic heterocycles. The van der Waals surface area contributed by atoms with Crippen molar-refractivity contribution in [2.75, 3.05) is 0 Å². The Bertz CT molecular complexity index is 665. The van der Waals surface area contributed by atoms with Gasteiger partial charge in [-0.05, 0) is 56.3 Å². The highest BCUT2D eigenvalue weighted by Crippen LogP contribution is 2.64. The number of carbonyl (C=O) groups is 2. The van der Waals surface area contributed by atoms with Gasteiger partial charge in [0.2, 0.25) is 0 Å². The minimum Gasteiger partial charge on any atom is -0.481 e. The second-order valence-electron chi connectivity index (χ2n) is 9.42. The lowest BCUT2D eigenvalue weighted by molar-refractivity contribution is -0.167. The summed E-state index contributed by atoms with van der Waals surface area (Å²) in [7, 11) is 0. The highest BCUT2D eigenvalue weighted by molar-refractivity contribution is 5.75. The summed E-state index contributed by atoms with van der Waals surface area (Å²) in [6.45, 7) is 11.8. The van der Waals surface area contributed by atoms with Crippen LogP contribution in [-0.4, -0.2) is 23.1 Å². The van der Waals surface area contributed by atoms with Gasteiger partial charge in [-0.2, -0.15) is 0 Å². The molecule has 0 radical (unpaired) electrons. The van der Waals surface area contributed by atoms with Gasteiger partial charge in [-0.1, -0.05) is 38.0 Å². The zero-order chi connectivity index (χ0) is 19.3. The van der Waals surface area contributed by atoms with Crippen LogP contribution >= 0.6 is 0 Å². The van der Waals surface area contributed by atoms with Gasteiger partial charge in [0.1, 0.15) is 6.10 Å². The number of allylic oxidation sites excluding steroid dienone is 2. The summed E-state index contributed by atoms with van der Waals surface area (Å²) in [5.41, 5.74) is 0.410. The van der Waals surface area contributed by atoms with Gasteiger partial charge in [0, 0.05) is 12.3 Å². The second-order valence-corrected chi connectivity index (χ2v) is 9.42. The maximum Gasteiger partial charge on any atom is 0.309 e. The molecular weight excluding hydrogens is 328 g/mol. The lowest BCUT2D eigenvalue weighted by atomic mass is 9.45. The van der Waals surface area contributed by atoms with E-state index in [-0.39, 0.29) is 34.7 Å². The van der Waals surface area contributed by atoms with Crippen molar-refractivity contribution < 1.29 is 19.4 Å². The van der Waals surface area contributed by atoms with Crippen LogP contribution in [0.3, 0.4) is 0 Å². The molecule has 0 spiro atoms. The molecule has 4 nitrogen and oxygen atoms in total. The largest absolute Gasteiger partial charge is 0.481 e. The van der Waals surface area contributed by atoms with Crippen molar-refractivity contribution in [2.24, 2.45) is 28.1 Å². The molecule has 2 saturated carbocycles. The summed E-state index contributed by atoms with van der Waals surface area (Å²) >= 11 is 0. The zero-order valence-electron chi connectivity index (χ0n) is 16.5. The zero-order valence-corrected chi connectivity index (χ0v) is 16.5. The normalized spacial score (nSPS) is 44.9. The Hall–Kier alpha value is -1.58. The minimum atomic E-state index is -0.675. The number of aliphatic carboxylic acids is 1. The molecule has 0 aromatic carbocycles. The van der Waals surface area contributed by atoms with E-state index >= 15 is 0 Å². The van der Waals surface area contributed by atoms with Crippen molar-refractivity contribution in [2.45, 2.75) is 72.3 Å². The lowest BCUT2D eigenvalue weighted by Crippen LogP contribution is -2.55. The average molecular weight is 360 g/mol. The average Bonchev–Trinajstić information content (AvgIpc) is 2.55. The smallest absolute Gasteiger partial charge is 0.309 e. The Labute approximate surface area is 156 Å². The number of carboxylic acid groups (broad SMARTS) is 1. The maximum atomic E-state index is 12.1. The van der Waals surface area contributed by atoms with E-state index in [0.717, 1.165) is 38.5 Å². The fourth-order valence-electron chi connectivity index (χ4n) is 6.19. The van der Waals surface area contributed by atoms with Crippen LogP contribution < -0.4 is 0 Å². The predicted octanol–water partition coefficient (Wildman–Crippen LogP) is 4.75. The summed E-state index contributed by atoms with van der Waals surface area (Å²) in [5, 5.41) is 9.94. The Morgan fingerprint density at radius 2 is 2.00 bits per heavy atom. The van der Waals surface area contributed by atoms with Crippen molar-refractivity contribution >= 4 is 11.9 Å². The molecule has 3 aliphatic rings. The topological polar surface area (TPSA) is 63.6 Å². The number of carboxylic acids is 1. The minimum absolute atomic E-state index is 0.0592. The summed E-state index contributed by atoms with van der Waals surface area (Å²) in [6.07, 6.45) is 9.17. The monoisotopic (exact) mass is 360 g/mol. The Morgan fingerprint density at radius 3 is 2.58 bits per heavy atom. The van der Waals surface area contributed by atoms with Gasteiger partial charge in [0.05, 0.1) is 5.41 Å². The molecule has 0 unspecified atom stereocenters. The molecule has 4 heteroatoms. The van der Waals surface area contributed by atoms with E-state index < -0.39 is 11.4 Å². The van der Waals surface area contributed by atoms with E-state index in [9.17, 15) is 14.7 Å². The van der Waals surface area contributed by atoms with Gasteiger partial charge in [-0.15, -0.1) is 6.58 Å². The highest BCUT2D eigenvalue weighted by Gasteiger charge is 2.59. The van der Waals surface area contributed by atoms with E-state index in [1.807, 2.05) is 13.0 Å². The van der Waals surface area contributed by atoms with Crippen LogP contribution in [0.1, 0.15) is 66.2 Å². The number of ether oxygens (including phenoxy) is 1. The first-order valence-corrected chi connectivity index (χ1v) is 9.80. The van der Waals surface area contributed by atoms with Crippen LogP contribution in [0, 0.1) is 28.1 Å². The molecule has 0 saturated heterocycles. The van der Waals surface area contributed by atoms with Crippen LogP contribution in [0.2, 0.25) is 0 Å². The number of esters is 1. The summed E-state index contributed by atoms with van der Waals surface area (Å²) < 4.78 is 5.72. The molecule has 1 N–H and O–H groups in total. The van der Waals surface area contributed by atoms with Crippen LogP contribution in [0.4, 0.5) is 0 Å². The Balaban J connectivity index is 2.01. The third kappa shape index (κ3) is 2.73. The number of hydrogen-bond donors (Lipinski definition) is 1. The van der Waals surface area contributed by atoms with Gasteiger partial charge in [0.25, 0.3) is 0 Å². The van der Waals surface area contributed by atoms with Gasteiger partial charge < -0.3 is 9.84 Å². The number of carbonyl (C=O) groups excluding carboxylic acids is 1. The van der Waals surface area contributed by atoms with Gasteiger partial charge in [0.15, 0.2) is 0 Å². The third-order valence-corrected chi connectivity index (χ3v) is 7.87. The van der Waals surface area contributed by atoms with Crippen molar-refractivity contribution in [1.82, 2.24) is 0 Å². The Morgan fingerprint density at radius 1 is 1.31 bits per heavy atom. The molecule has 2 fully saturated rings. The standard InChI is InChI=1S/C22H32O4/c1-6-20(3)13-15-8-9-17-21(4,10-7-11-22(17,5)19(24)25)16(15)12-18(20)26-14(2)23/h6,8,16-18H,1,7,9-13H2,2-5H3,(H,24,25)/t16-,17+,18-,20+,21+,22+/m0/s1. The molecule has 0 heterocycles. The molecule has 144 valence electrons. The van der Waals surface area contributed by atoms with Gasteiger partial charge >= 0.3 is 11.9 Å². The van der Waals surface area contributed by atoms with Gasteiger partial charge in [-0.25, -0.2) is 0 Å². The molecule has 0 aromatic heterocycles. The van der Waals surface area contributed by atoms with Crippen molar-refractivity contribution in [1.29, 1.82) is 0 Å². The van der Waals surface area contributed by atoms with E-state index in [1.165, 1.54) is 12.5 Å². The van der Waals surface area contributed by atoms with E-state index in [4.69, 9.17) is 4.74 Å². The molecule has 3 aliphatic carbocycles. The first-order valence-electron chi connectivity index (χ1n) is 9.80. The highest BCUT2D eigenvalue weighted by atomic mass is 16.5. The van der Waals surface area contributed by atoms with E-state index in [1.54, 1.807) is 0 Å². The van der Waals surface area contributed by atoms with Crippen molar-refractivity contribution in [3.05, 3.63) is 24.3 Å². The summed E-state index contributed by atoms with van der Waals surface area (Å²) in [5.74, 6) is -0.528. The first kappa shape index (κ1) is 19.2. The van der Waals surface area contributed by atoms with Crippen LogP contribution in [0.15, 0.2) is 24.3 Å². The number of rotatable bonds is 3. The lowest BCUT2D eigenvalue weighted by Gasteiger charge is -2.59. The van der Waals surface area contributed by atoms with Crippen LogP contribution in [0.5, 0.6) is 0 Å². The molecule has 6 atom stereocenters. The third-order valence-electron chi connectivity index (χ3n) is 7.87. The summed E-state index contributed by atoms with van der Waals surface area (Å²) in [6, 6.07) is 0. The van der Waals surface area contributed by atoms with Crippen LogP contribution in [-0.2, 0) is 14.3 Å². The van der Waals surface area contributed by atoms with Crippen LogP contribution in [0.25, 0.3) is 0 Å². The quantitative estimate of drug-likeness (QED) is 0.583.